The maximum Gasteiger partial charge on any atom is 0.240 e. The van der Waals surface area contributed by atoms with Gasteiger partial charge in [0.25, 0.3) is 0 Å². The van der Waals surface area contributed by atoms with Gasteiger partial charge < -0.3 is 4.57 Å². The van der Waals surface area contributed by atoms with Crippen LogP contribution in [0.1, 0.15) is 17.0 Å². The van der Waals surface area contributed by atoms with E-state index in [0.717, 1.165) is 11.4 Å². The van der Waals surface area contributed by atoms with Crippen molar-refractivity contribution in [3.63, 3.8) is 0 Å². The van der Waals surface area contributed by atoms with E-state index in [4.69, 9.17) is 0 Å². The number of nitrogens with zero attached hydrogens (tertiary/aromatic N) is 1. The lowest BCUT2D eigenvalue weighted by Gasteiger charge is -2.11. The molecule has 21 heavy (non-hydrogen) atoms. The highest BCUT2D eigenvalue weighted by molar-refractivity contribution is 7.89. The first-order chi connectivity index (χ1) is 9.81. The Kier molecular flexibility index (Phi) is 4.49. The van der Waals surface area contributed by atoms with Gasteiger partial charge in [0.1, 0.15) is 5.82 Å². The predicted molar refractivity (Wildman–Crippen MR) is 80.2 cm³/mol. The van der Waals surface area contributed by atoms with Crippen molar-refractivity contribution in [3.8, 4) is 0 Å². The van der Waals surface area contributed by atoms with Gasteiger partial charge in [-0.15, -0.1) is 0 Å². The third kappa shape index (κ3) is 3.51. The van der Waals surface area contributed by atoms with Crippen LogP contribution in [-0.2, 0) is 16.6 Å². The molecule has 1 heterocycles. The molecule has 0 aliphatic rings. The monoisotopic (exact) mass is 310 g/mol. The number of aromatic nitrogens is 1. The summed E-state index contributed by atoms with van der Waals surface area (Å²) in [6.45, 7) is 6.34. The molecule has 1 aromatic heterocycles. The highest BCUT2D eigenvalue weighted by Crippen LogP contribution is 2.14. The van der Waals surface area contributed by atoms with Crippen LogP contribution in [-0.4, -0.2) is 19.5 Å². The minimum atomic E-state index is -3.61. The average Bonchev–Trinajstić information content (AvgIpc) is 2.73. The van der Waals surface area contributed by atoms with Crippen LogP contribution in [0.25, 0.3) is 0 Å². The quantitative estimate of drug-likeness (QED) is 0.922. The van der Waals surface area contributed by atoms with E-state index in [2.05, 4.69) is 4.72 Å². The van der Waals surface area contributed by atoms with Crippen molar-refractivity contribution in [3.05, 3.63) is 53.1 Å². The van der Waals surface area contributed by atoms with E-state index in [1.165, 1.54) is 18.2 Å². The fraction of sp³-hybridized carbons (Fsp3) is 0.333. The van der Waals surface area contributed by atoms with Crippen molar-refractivity contribution in [2.45, 2.75) is 32.2 Å². The molecule has 0 atom stereocenters. The summed E-state index contributed by atoms with van der Waals surface area (Å²) in [5, 5.41) is 0. The second kappa shape index (κ2) is 5.99. The Morgan fingerprint density at radius 1 is 1.10 bits per heavy atom. The van der Waals surface area contributed by atoms with Gasteiger partial charge in [0.05, 0.1) is 4.90 Å². The van der Waals surface area contributed by atoms with E-state index in [1.54, 1.807) is 6.92 Å². The number of hydrogen-bond acceptors (Lipinski definition) is 2. The molecule has 0 aliphatic heterocycles. The molecular formula is C15H19FN2O2S. The fourth-order valence-corrected chi connectivity index (χ4v) is 3.32. The van der Waals surface area contributed by atoms with Crippen LogP contribution in [0.5, 0.6) is 0 Å². The number of nitrogens with one attached hydrogen (secondary N) is 1. The van der Waals surface area contributed by atoms with Crippen LogP contribution < -0.4 is 4.72 Å². The maximum atomic E-state index is 13.2. The molecule has 0 fully saturated rings. The summed E-state index contributed by atoms with van der Waals surface area (Å²) < 4.78 is 42.1. The topological polar surface area (TPSA) is 51.1 Å². The van der Waals surface area contributed by atoms with Crippen molar-refractivity contribution < 1.29 is 12.8 Å². The van der Waals surface area contributed by atoms with Gasteiger partial charge in [-0.25, -0.2) is 17.5 Å². The van der Waals surface area contributed by atoms with Crippen LogP contribution in [0.4, 0.5) is 4.39 Å². The van der Waals surface area contributed by atoms with Gasteiger partial charge in [0.15, 0.2) is 0 Å². The standard InChI is InChI=1S/C15H19FN2O2S/c1-11-10-14(6-7-15(11)16)21(19,20)17-8-9-18-12(2)4-5-13(18)3/h4-7,10,17H,8-9H2,1-3H3. The third-order valence-electron chi connectivity index (χ3n) is 3.48. The first-order valence-electron chi connectivity index (χ1n) is 6.70. The number of aryl methyl sites for hydroxylation is 3. The lowest BCUT2D eigenvalue weighted by molar-refractivity contribution is 0.568. The van der Waals surface area contributed by atoms with Crippen molar-refractivity contribution >= 4 is 10.0 Å². The molecule has 6 heteroatoms. The van der Waals surface area contributed by atoms with Gasteiger partial charge >= 0.3 is 0 Å². The molecule has 0 amide bonds. The summed E-state index contributed by atoms with van der Waals surface area (Å²) in [6, 6.07) is 7.77. The van der Waals surface area contributed by atoms with Gasteiger partial charge in [-0.1, -0.05) is 0 Å². The Morgan fingerprint density at radius 3 is 2.29 bits per heavy atom. The molecule has 0 unspecified atom stereocenters. The molecular weight excluding hydrogens is 291 g/mol. The van der Waals surface area contributed by atoms with Crippen LogP contribution in [0, 0.1) is 26.6 Å². The molecule has 0 spiro atoms. The average molecular weight is 310 g/mol. The van der Waals surface area contributed by atoms with Crippen molar-refractivity contribution in [1.82, 2.24) is 9.29 Å². The van der Waals surface area contributed by atoms with Crippen LogP contribution in [0.15, 0.2) is 35.2 Å². The van der Waals surface area contributed by atoms with E-state index in [9.17, 15) is 12.8 Å². The van der Waals surface area contributed by atoms with E-state index in [0.29, 0.717) is 12.1 Å². The molecule has 4 nitrogen and oxygen atoms in total. The molecule has 114 valence electrons. The molecule has 2 rings (SSSR count). The fourth-order valence-electron chi connectivity index (χ4n) is 2.21. The molecule has 1 aromatic carbocycles. The first kappa shape index (κ1) is 15.7. The van der Waals surface area contributed by atoms with Gasteiger partial charge in [-0.3, -0.25) is 0 Å². The summed E-state index contributed by atoms with van der Waals surface area (Å²) >= 11 is 0. The summed E-state index contributed by atoms with van der Waals surface area (Å²) in [4.78, 5) is 0.0855. The number of hydrogen-bond donors (Lipinski definition) is 1. The normalized spacial score (nSPS) is 11.8. The van der Waals surface area contributed by atoms with Gasteiger partial charge in [0, 0.05) is 24.5 Å². The Bertz CT molecular complexity index is 732. The van der Waals surface area contributed by atoms with E-state index in [1.807, 2.05) is 30.5 Å². The maximum absolute atomic E-state index is 13.2. The Hall–Kier alpha value is -1.66. The van der Waals surface area contributed by atoms with Crippen LogP contribution >= 0.6 is 0 Å². The summed E-state index contributed by atoms with van der Waals surface area (Å²) in [6.07, 6.45) is 0. The Morgan fingerprint density at radius 2 is 1.71 bits per heavy atom. The van der Waals surface area contributed by atoms with Crippen molar-refractivity contribution in [2.75, 3.05) is 6.54 Å². The number of rotatable bonds is 5. The van der Waals surface area contributed by atoms with Gasteiger partial charge in [-0.2, -0.15) is 0 Å². The molecule has 0 aliphatic carbocycles. The zero-order valence-corrected chi connectivity index (χ0v) is 13.2. The molecule has 0 saturated carbocycles. The highest BCUT2D eigenvalue weighted by atomic mass is 32.2. The molecule has 2 aromatic rings. The zero-order chi connectivity index (χ0) is 15.6. The lowest BCUT2D eigenvalue weighted by atomic mass is 10.2. The summed E-state index contributed by atoms with van der Waals surface area (Å²) in [5.41, 5.74) is 2.49. The SMILES string of the molecule is Cc1cc(S(=O)(=O)NCCn2c(C)ccc2C)ccc1F. The molecule has 0 saturated heterocycles. The minimum Gasteiger partial charge on any atom is -0.348 e. The summed E-state index contributed by atoms with van der Waals surface area (Å²) in [7, 11) is -3.61. The van der Waals surface area contributed by atoms with Crippen LogP contribution in [0.2, 0.25) is 0 Å². The lowest BCUT2D eigenvalue weighted by Crippen LogP contribution is -2.28. The second-order valence-electron chi connectivity index (χ2n) is 5.08. The first-order valence-corrected chi connectivity index (χ1v) is 8.18. The van der Waals surface area contributed by atoms with Crippen LogP contribution in [0.3, 0.4) is 0 Å². The molecule has 0 radical (unpaired) electrons. The molecule has 1 N–H and O–H groups in total. The predicted octanol–water partition coefficient (Wildman–Crippen LogP) is 2.53. The largest absolute Gasteiger partial charge is 0.348 e. The Labute approximate surface area is 124 Å². The van der Waals surface area contributed by atoms with E-state index in [-0.39, 0.29) is 11.4 Å². The third-order valence-corrected chi connectivity index (χ3v) is 4.94. The smallest absolute Gasteiger partial charge is 0.240 e. The number of sulfonamides is 1. The van der Waals surface area contributed by atoms with Gasteiger partial charge in [0.2, 0.25) is 10.0 Å². The van der Waals surface area contributed by atoms with E-state index >= 15 is 0 Å². The number of halogens is 1. The van der Waals surface area contributed by atoms with E-state index < -0.39 is 15.8 Å². The number of benzene rings is 1. The Balaban J connectivity index is 2.06. The second-order valence-corrected chi connectivity index (χ2v) is 6.84. The zero-order valence-electron chi connectivity index (χ0n) is 12.4. The summed E-state index contributed by atoms with van der Waals surface area (Å²) in [5.74, 6) is -0.410. The van der Waals surface area contributed by atoms with Gasteiger partial charge in [-0.05, 0) is 56.7 Å². The van der Waals surface area contributed by atoms with Crippen molar-refractivity contribution in [1.29, 1.82) is 0 Å². The minimum absolute atomic E-state index is 0.0855. The van der Waals surface area contributed by atoms with Crippen molar-refractivity contribution in [2.24, 2.45) is 0 Å². The highest BCUT2D eigenvalue weighted by Gasteiger charge is 2.15. The molecule has 0 bridgehead atoms.